The normalized spacial score (nSPS) is 43.9. The predicted octanol–water partition coefficient (Wildman–Crippen LogP) is 1.72. The van der Waals surface area contributed by atoms with Gasteiger partial charge in [0.05, 0.1) is 0 Å². The lowest BCUT2D eigenvalue weighted by atomic mass is 9.73. The summed E-state index contributed by atoms with van der Waals surface area (Å²) in [6, 6.07) is 0. The lowest BCUT2D eigenvalue weighted by Gasteiger charge is -2.41. The van der Waals surface area contributed by atoms with Crippen LogP contribution in [-0.2, 0) is 0 Å². The number of hydrogen-bond donors (Lipinski definition) is 1. The van der Waals surface area contributed by atoms with Crippen molar-refractivity contribution in [2.45, 2.75) is 19.3 Å². The summed E-state index contributed by atoms with van der Waals surface area (Å²) < 4.78 is 0. The Labute approximate surface area is 73.1 Å². The summed E-state index contributed by atoms with van der Waals surface area (Å²) in [7, 11) is 0. The van der Waals surface area contributed by atoms with Crippen molar-refractivity contribution in [3.63, 3.8) is 0 Å². The second kappa shape index (κ2) is 3.36. The third kappa shape index (κ3) is 1.43. The van der Waals surface area contributed by atoms with Crippen molar-refractivity contribution in [2.24, 2.45) is 23.5 Å². The molecule has 1 nitrogen and oxygen atoms in total. The molecule has 64 valence electrons. The number of hydrogen-bond acceptors (Lipinski definition) is 2. The molecule has 2 fully saturated rings. The Kier molecular flexibility index (Phi) is 2.42. The molecular weight excluding hydrogens is 154 g/mol. The van der Waals surface area contributed by atoms with Crippen LogP contribution >= 0.6 is 11.8 Å². The molecular formula is C9H17NS. The highest BCUT2D eigenvalue weighted by Crippen LogP contribution is 2.42. The summed E-state index contributed by atoms with van der Waals surface area (Å²) >= 11 is 2.15. The third-order valence-corrected chi connectivity index (χ3v) is 4.62. The molecule has 0 spiro atoms. The first kappa shape index (κ1) is 7.93. The molecule has 0 aromatic rings. The Hall–Kier alpha value is 0.310. The van der Waals surface area contributed by atoms with Crippen molar-refractivity contribution in [3.05, 3.63) is 0 Å². The van der Waals surface area contributed by atoms with Crippen LogP contribution in [0.5, 0.6) is 0 Å². The van der Waals surface area contributed by atoms with Gasteiger partial charge in [-0.3, -0.25) is 0 Å². The van der Waals surface area contributed by atoms with Gasteiger partial charge in [-0.1, -0.05) is 6.42 Å². The van der Waals surface area contributed by atoms with Gasteiger partial charge in [-0.2, -0.15) is 11.8 Å². The summed E-state index contributed by atoms with van der Waals surface area (Å²) in [5.74, 6) is 5.59. The van der Waals surface area contributed by atoms with Gasteiger partial charge in [-0.15, -0.1) is 0 Å². The van der Waals surface area contributed by atoms with Crippen LogP contribution in [0.15, 0.2) is 0 Å². The molecule has 2 rings (SSSR count). The van der Waals surface area contributed by atoms with Gasteiger partial charge in [0, 0.05) is 0 Å². The standard InChI is InChI=1S/C9H17NS/c10-4-9-7-2-1-3-8(9)6-11-5-7/h7-9H,1-6,10H2. The summed E-state index contributed by atoms with van der Waals surface area (Å²) in [6.45, 7) is 0.940. The highest BCUT2D eigenvalue weighted by Gasteiger charge is 2.35. The van der Waals surface area contributed by atoms with Crippen LogP contribution in [0, 0.1) is 17.8 Å². The second-order valence-corrected chi connectivity index (χ2v) is 4.96. The molecule has 11 heavy (non-hydrogen) atoms. The monoisotopic (exact) mass is 171 g/mol. The molecule has 2 N–H and O–H groups in total. The quantitative estimate of drug-likeness (QED) is 0.650. The zero-order valence-corrected chi connectivity index (χ0v) is 7.78. The van der Waals surface area contributed by atoms with Crippen molar-refractivity contribution in [3.8, 4) is 0 Å². The average molecular weight is 171 g/mol. The third-order valence-electron chi connectivity index (χ3n) is 3.30. The second-order valence-electron chi connectivity index (χ2n) is 3.89. The largest absolute Gasteiger partial charge is 0.330 e. The van der Waals surface area contributed by atoms with E-state index in [-0.39, 0.29) is 0 Å². The van der Waals surface area contributed by atoms with Gasteiger partial charge >= 0.3 is 0 Å². The number of fused-ring (bicyclic) bond motifs is 2. The van der Waals surface area contributed by atoms with E-state index in [1.54, 1.807) is 0 Å². The summed E-state index contributed by atoms with van der Waals surface area (Å²) in [4.78, 5) is 0. The first-order valence-electron chi connectivity index (χ1n) is 4.69. The number of nitrogens with two attached hydrogens (primary N) is 1. The molecule has 0 amide bonds. The SMILES string of the molecule is NCC1C2CCCC1CSC2. The maximum absolute atomic E-state index is 5.78. The van der Waals surface area contributed by atoms with Gasteiger partial charge in [-0.05, 0) is 48.6 Å². The molecule has 2 unspecified atom stereocenters. The topological polar surface area (TPSA) is 26.0 Å². The summed E-state index contributed by atoms with van der Waals surface area (Å²) in [6.07, 6.45) is 4.36. The van der Waals surface area contributed by atoms with Crippen LogP contribution in [-0.4, -0.2) is 18.1 Å². The number of thioether (sulfide) groups is 1. The van der Waals surface area contributed by atoms with E-state index in [4.69, 9.17) is 5.73 Å². The maximum Gasteiger partial charge on any atom is -0.00358 e. The minimum atomic E-state index is 0.880. The molecule has 2 aliphatic rings. The molecule has 1 saturated heterocycles. The lowest BCUT2D eigenvalue weighted by molar-refractivity contribution is 0.184. The highest BCUT2D eigenvalue weighted by molar-refractivity contribution is 7.99. The number of rotatable bonds is 1. The van der Waals surface area contributed by atoms with Crippen molar-refractivity contribution in [2.75, 3.05) is 18.1 Å². The smallest absolute Gasteiger partial charge is 0.00358 e. The van der Waals surface area contributed by atoms with E-state index in [1.807, 2.05) is 0 Å². The van der Waals surface area contributed by atoms with E-state index in [0.717, 1.165) is 24.3 Å². The fourth-order valence-electron chi connectivity index (χ4n) is 2.62. The van der Waals surface area contributed by atoms with Crippen molar-refractivity contribution in [1.29, 1.82) is 0 Å². The van der Waals surface area contributed by atoms with Crippen LogP contribution in [0.3, 0.4) is 0 Å². The molecule has 0 radical (unpaired) electrons. The van der Waals surface area contributed by atoms with E-state index < -0.39 is 0 Å². The summed E-state index contributed by atoms with van der Waals surface area (Å²) in [5.41, 5.74) is 5.78. The Morgan fingerprint density at radius 3 is 2.27 bits per heavy atom. The van der Waals surface area contributed by atoms with E-state index in [1.165, 1.54) is 30.8 Å². The maximum atomic E-state index is 5.78. The Balaban J connectivity index is 2.04. The molecule has 1 heterocycles. The van der Waals surface area contributed by atoms with E-state index in [9.17, 15) is 0 Å². The van der Waals surface area contributed by atoms with Gasteiger partial charge < -0.3 is 5.73 Å². The zero-order valence-electron chi connectivity index (χ0n) is 6.96. The molecule has 1 saturated carbocycles. The molecule has 0 aromatic heterocycles. The summed E-state index contributed by atoms with van der Waals surface area (Å²) in [5, 5.41) is 0. The lowest BCUT2D eigenvalue weighted by Crippen LogP contribution is -2.39. The zero-order chi connectivity index (χ0) is 7.68. The molecule has 2 bridgehead atoms. The van der Waals surface area contributed by atoms with Crippen molar-refractivity contribution >= 4 is 11.8 Å². The fraction of sp³-hybridized carbons (Fsp3) is 1.00. The predicted molar refractivity (Wildman–Crippen MR) is 50.7 cm³/mol. The van der Waals surface area contributed by atoms with Crippen LogP contribution in [0.25, 0.3) is 0 Å². The average Bonchev–Trinajstić information content (AvgIpc) is 2.03. The molecule has 2 atom stereocenters. The Bertz CT molecular complexity index is 116. The van der Waals surface area contributed by atoms with E-state index >= 15 is 0 Å². The van der Waals surface area contributed by atoms with Crippen LogP contribution in [0.4, 0.5) is 0 Å². The Morgan fingerprint density at radius 2 is 1.82 bits per heavy atom. The van der Waals surface area contributed by atoms with E-state index in [0.29, 0.717) is 0 Å². The van der Waals surface area contributed by atoms with E-state index in [2.05, 4.69) is 11.8 Å². The first-order valence-corrected chi connectivity index (χ1v) is 5.85. The highest BCUT2D eigenvalue weighted by atomic mass is 32.2. The van der Waals surface area contributed by atoms with Gasteiger partial charge in [0.2, 0.25) is 0 Å². The Morgan fingerprint density at radius 1 is 1.18 bits per heavy atom. The van der Waals surface area contributed by atoms with Gasteiger partial charge in [-0.25, -0.2) is 0 Å². The molecule has 0 aromatic carbocycles. The van der Waals surface area contributed by atoms with Gasteiger partial charge in [0.1, 0.15) is 0 Å². The van der Waals surface area contributed by atoms with Gasteiger partial charge in [0.25, 0.3) is 0 Å². The molecule has 2 heteroatoms. The minimum Gasteiger partial charge on any atom is -0.330 e. The molecule has 1 aliphatic carbocycles. The molecule has 1 aliphatic heterocycles. The minimum absolute atomic E-state index is 0.880. The first-order chi connectivity index (χ1) is 5.42. The van der Waals surface area contributed by atoms with Crippen molar-refractivity contribution in [1.82, 2.24) is 0 Å². The van der Waals surface area contributed by atoms with Gasteiger partial charge in [0.15, 0.2) is 0 Å². The fourth-order valence-corrected chi connectivity index (χ4v) is 4.19. The van der Waals surface area contributed by atoms with Crippen LogP contribution < -0.4 is 5.73 Å². The van der Waals surface area contributed by atoms with Crippen LogP contribution in [0.1, 0.15) is 19.3 Å². The van der Waals surface area contributed by atoms with Crippen LogP contribution in [0.2, 0.25) is 0 Å². The van der Waals surface area contributed by atoms with Crippen molar-refractivity contribution < 1.29 is 0 Å².